The second kappa shape index (κ2) is 27.9. The highest BCUT2D eigenvalue weighted by Crippen LogP contribution is 2.39. The molecule has 0 aromatic carbocycles. The van der Waals surface area contributed by atoms with Gasteiger partial charge in [-0.2, -0.15) is 0 Å². The van der Waals surface area contributed by atoms with E-state index in [1.807, 2.05) is 0 Å². The lowest BCUT2D eigenvalue weighted by Crippen LogP contribution is -2.68. The highest BCUT2D eigenvalue weighted by Gasteiger charge is 2.59. The molecule has 2 unspecified atom stereocenters. The molecule has 35 nitrogen and oxygen atoms in total. The first-order valence-electron chi connectivity index (χ1n) is 25.7. The van der Waals surface area contributed by atoms with Gasteiger partial charge in [-0.15, -0.1) is 12.6 Å². The first-order chi connectivity index (χ1) is 38.4. The normalized spacial score (nSPS) is 53.1. The zero-order valence-electron chi connectivity index (χ0n) is 42.6. The molecule has 0 aromatic rings. The Hall–Kier alpha value is -1.12. The van der Waals surface area contributed by atoms with E-state index in [9.17, 15) is 102 Å². The summed E-state index contributed by atoms with van der Waals surface area (Å²) in [5.41, 5.74) is 0. The quantitative estimate of drug-likeness (QED) is 0.0793. The van der Waals surface area contributed by atoms with Crippen molar-refractivity contribution in [3.05, 3.63) is 0 Å². The van der Waals surface area contributed by atoms with Crippen molar-refractivity contribution in [2.75, 3.05) is 53.2 Å². The monoisotopic (exact) mass is 1220 g/mol. The van der Waals surface area contributed by atoms with Crippen LogP contribution in [0, 0.1) is 0 Å². The summed E-state index contributed by atoms with van der Waals surface area (Å²) in [4.78, 5) is 1.29. The van der Waals surface area contributed by atoms with Crippen LogP contribution in [0.2, 0.25) is 0 Å². The van der Waals surface area contributed by atoms with Crippen LogP contribution >= 0.6 is 24.8 Å². The number of thiol groups is 1. The molecule has 0 aliphatic carbocycles. The third kappa shape index (κ3) is 13.3. The number of aliphatic hydroxyl groups is 20. The summed E-state index contributed by atoms with van der Waals surface area (Å²) in [6, 6.07) is 0. The standard InChI is InChI=1S/C44H73NO34S2/c1-45(44(80)81)2-9-30-16(52)23(59)37(66-9)74-31-10(3-46)68-39(25(61)18(31)54)76-33-12(5-48)70-41(27(63)20(33)56)78-35-14(7-50)72-43(29(65)22(35)58)79-36-15(8-51)71-42(28(64)21(36)57)77-34-13(6-49)69-40(26(62)19(34)55)75-32-11(4-47)67-38(73-30)24(60)17(32)53/h9-43,46-65H,2-8H2,1H3,(H,80,81)/t9-,10-,11+,12-,13+,14-,15+,16+,17+,18+,19+,20+,21+,22+,23-,24-,25+,26-,27+,28-,29-,30+,31-,32?,33-,34-,35-,36-,37?,38+,39-,40+,41-,42+,43+/m0/s1. The van der Waals surface area contributed by atoms with E-state index in [2.05, 4.69) is 12.6 Å². The fraction of sp³-hybridized carbons (Fsp3) is 0.977. The molecule has 21 aliphatic heterocycles. The minimum Gasteiger partial charge on any atom is -0.394 e. The van der Waals surface area contributed by atoms with Gasteiger partial charge in [-0.25, -0.2) is 0 Å². The maximum Gasteiger partial charge on any atom is 0.187 e. The van der Waals surface area contributed by atoms with E-state index in [1.165, 1.54) is 11.9 Å². The molecule has 21 heterocycles. The largest absolute Gasteiger partial charge is 0.394 e. The molecule has 470 valence electrons. The second-order valence-electron chi connectivity index (χ2n) is 20.6. The Labute approximate surface area is 469 Å². The van der Waals surface area contributed by atoms with Crippen molar-refractivity contribution in [1.82, 2.24) is 4.90 Å². The van der Waals surface area contributed by atoms with E-state index in [4.69, 9.17) is 78.5 Å². The first-order valence-corrected chi connectivity index (χ1v) is 26.6. The van der Waals surface area contributed by atoms with Crippen molar-refractivity contribution in [3.63, 3.8) is 0 Å². The zero-order chi connectivity index (χ0) is 59.2. The predicted molar refractivity (Wildman–Crippen MR) is 256 cm³/mol. The van der Waals surface area contributed by atoms with Crippen LogP contribution in [0.15, 0.2) is 0 Å². The number of likely N-dealkylation sites (N-methyl/N-ethyl adjacent to an activating group) is 1. The fourth-order valence-electron chi connectivity index (χ4n) is 10.8. The summed E-state index contributed by atoms with van der Waals surface area (Å²) in [5.74, 6) is 0. The maximum absolute atomic E-state index is 11.7. The van der Waals surface area contributed by atoms with E-state index in [0.717, 1.165) is 0 Å². The van der Waals surface area contributed by atoms with E-state index >= 15 is 0 Å². The third-order valence-electron chi connectivity index (χ3n) is 15.4. The van der Waals surface area contributed by atoms with E-state index in [-0.39, 0.29) is 10.9 Å². The lowest BCUT2D eigenvalue weighted by Gasteiger charge is -2.50. The molecule has 14 bridgehead atoms. The van der Waals surface area contributed by atoms with Gasteiger partial charge in [0.1, 0.15) is 175 Å². The van der Waals surface area contributed by atoms with Crippen LogP contribution in [0.25, 0.3) is 0 Å². The van der Waals surface area contributed by atoms with Crippen molar-refractivity contribution >= 4 is 29.2 Å². The maximum atomic E-state index is 11.7. The van der Waals surface area contributed by atoms with Gasteiger partial charge in [-0.3, -0.25) is 0 Å². The Morgan fingerprint density at radius 3 is 0.580 bits per heavy atom. The minimum absolute atomic E-state index is 0.0509. The van der Waals surface area contributed by atoms with Crippen LogP contribution in [-0.4, -0.2) is 380 Å². The van der Waals surface area contributed by atoms with Crippen LogP contribution in [0.1, 0.15) is 0 Å². The van der Waals surface area contributed by atoms with Crippen molar-refractivity contribution in [2.45, 2.75) is 215 Å². The molecule has 0 radical (unpaired) electrons. The molecular weight excluding hydrogens is 1150 g/mol. The molecule has 35 atom stereocenters. The number of thiocarbonyl (C=S) groups is 1. The molecule has 0 aromatic heterocycles. The number of hydrogen-bond acceptors (Lipinski definition) is 35. The molecule has 37 heteroatoms. The molecular formula is C44H73NO34S2. The molecule has 21 rings (SSSR count). The average Bonchev–Trinajstić information content (AvgIpc) is 3.65. The van der Waals surface area contributed by atoms with Crippen LogP contribution in [-0.2, 0) is 66.3 Å². The highest BCUT2D eigenvalue weighted by atomic mass is 32.1. The van der Waals surface area contributed by atoms with Crippen LogP contribution < -0.4 is 0 Å². The molecule has 81 heavy (non-hydrogen) atoms. The average molecular weight is 1220 g/mol. The number of aliphatic hydroxyl groups excluding tert-OH is 20. The van der Waals surface area contributed by atoms with Crippen LogP contribution in [0.3, 0.4) is 0 Å². The predicted octanol–water partition coefficient (Wildman–Crippen LogP) is -14.1. The lowest BCUT2D eigenvalue weighted by atomic mass is 9.95. The van der Waals surface area contributed by atoms with Gasteiger partial charge in [0.05, 0.1) is 39.6 Å². The summed E-state index contributed by atoms with van der Waals surface area (Å²) in [7, 11) is 1.42. The number of hydrogen-bond donors (Lipinski definition) is 21. The summed E-state index contributed by atoms with van der Waals surface area (Å²) in [6.45, 7) is -6.62. The van der Waals surface area contributed by atoms with E-state index in [1.54, 1.807) is 0 Å². The van der Waals surface area contributed by atoms with Crippen molar-refractivity contribution in [1.29, 1.82) is 0 Å². The second-order valence-corrected chi connectivity index (χ2v) is 21.7. The van der Waals surface area contributed by atoms with Gasteiger partial charge < -0.3 is 173 Å². The van der Waals surface area contributed by atoms with Crippen molar-refractivity contribution < 1.29 is 168 Å². The Kier molecular flexibility index (Phi) is 22.7. The van der Waals surface area contributed by atoms with Gasteiger partial charge in [0.25, 0.3) is 0 Å². The van der Waals surface area contributed by atoms with Gasteiger partial charge in [0.15, 0.2) is 44.0 Å². The van der Waals surface area contributed by atoms with Gasteiger partial charge in [0, 0.05) is 13.6 Å². The van der Waals surface area contributed by atoms with Gasteiger partial charge in [0.2, 0.25) is 0 Å². The van der Waals surface area contributed by atoms with E-state index < -0.39 is 255 Å². The van der Waals surface area contributed by atoms with Crippen molar-refractivity contribution in [3.8, 4) is 0 Å². The summed E-state index contributed by atoms with van der Waals surface area (Å²) >= 11 is 9.31. The minimum atomic E-state index is -2.21. The topological polar surface area (TPSA) is 537 Å². The Balaban J connectivity index is 1.10. The number of nitrogens with zero attached hydrogens (tertiary/aromatic N) is 1. The lowest BCUT2D eigenvalue weighted by molar-refractivity contribution is -0.396. The van der Waals surface area contributed by atoms with E-state index in [0.29, 0.717) is 0 Å². The fourth-order valence-corrected chi connectivity index (χ4v) is 10.9. The molecule has 21 aliphatic rings. The summed E-state index contributed by atoms with van der Waals surface area (Å²) in [5, 5.41) is 222. The van der Waals surface area contributed by atoms with Crippen molar-refractivity contribution in [2.24, 2.45) is 0 Å². The Bertz CT molecular complexity index is 1990. The number of ether oxygens (including phenoxy) is 14. The van der Waals surface area contributed by atoms with Gasteiger partial charge in [-0.1, -0.05) is 12.2 Å². The van der Waals surface area contributed by atoms with Crippen LogP contribution in [0.4, 0.5) is 0 Å². The Morgan fingerprint density at radius 2 is 0.432 bits per heavy atom. The number of rotatable bonds is 8. The van der Waals surface area contributed by atoms with Crippen LogP contribution in [0.5, 0.6) is 0 Å². The molecule has 0 spiro atoms. The zero-order valence-corrected chi connectivity index (χ0v) is 44.3. The van der Waals surface area contributed by atoms with Gasteiger partial charge in [-0.05, 0) is 0 Å². The molecule has 21 saturated heterocycles. The third-order valence-corrected chi connectivity index (χ3v) is 16.0. The molecule has 21 fully saturated rings. The smallest absolute Gasteiger partial charge is 0.187 e. The Morgan fingerprint density at radius 1 is 0.284 bits per heavy atom. The SMILES string of the molecule is CN(C[C@@H]1OC2O[C@@H]3[C@H](O)[C@@H](O)[C@H](O[C@@H]4[C@H](O)[C@@H](O)[C@H](O[C@@H]5[C@H](O)[C@H](O)[C@@H](O[C@@H]6[C@H](O)[C@H](O)[C@@H](O[C@@H]7[C@H](O)[C@H](O)[C@@H](OC8[C@@H](CO)O[C@H](O[C@H]1[C@H](O)[C@@H]2O)[C@@H](O)[C@H]8O)O[C@@H]7CO)O[C@@H]6CO)O[C@H]5CO)O[C@H]4CO)O[C@H]3CO)C(=S)S. The molecule has 0 saturated carbocycles. The summed E-state index contributed by atoms with van der Waals surface area (Å²) < 4.78 is 80.8. The summed E-state index contributed by atoms with van der Waals surface area (Å²) in [6.07, 6.45) is -69.7. The first kappa shape index (κ1) is 65.8. The van der Waals surface area contributed by atoms with Gasteiger partial charge >= 0.3 is 0 Å². The molecule has 0 amide bonds. The highest BCUT2D eigenvalue weighted by molar-refractivity contribution is 8.10. The molecule has 20 N–H and O–H groups in total.